The predicted molar refractivity (Wildman–Crippen MR) is 43.2 cm³/mol. The second kappa shape index (κ2) is 3.42. The number of carbonyl (C=O) groups excluding carboxylic acids is 1. The number of nitrogens with zero attached hydrogens (tertiary/aromatic N) is 2. The van der Waals surface area contributed by atoms with Gasteiger partial charge in [0.2, 0.25) is 0 Å². The van der Waals surface area contributed by atoms with Crippen LogP contribution in [0.1, 0.15) is 19.3 Å². The summed E-state index contributed by atoms with van der Waals surface area (Å²) in [4.78, 5) is 11.1. The van der Waals surface area contributed by atoms with Gasteiger partial charge in [-0.3, -0.25) is 5.10 Å². The number of carbonyl (C=O) groups is 1. The van der Waals surface area contributed by atoms with E-state index in [0.29, 0.717) is 0 Å². The summed E-state index contributed by atoms with van der Waals surface area (Å²) >= 11 is 0. The largest absolute Gasteiger partial charge is 0.414 e. The van der Waals surface area contributed by atoms with E-state index in [0.717, 1.165) is 12.8 Å². The molecule has 1 aliphatic carbocycles. The lowest BCUT2D eigenvalue weighted by molar-refractivity contribution is 0.186. The summed E-state index contributed by atoms with van der Waals surface area (Å²) < 4.78 is 4.81. The molecule has 0 spiro atoms. The summed E-state index contributed by atoms with van der Waals surface area (Å²) in [7, 11) is 0. The van der Waals surface area contributed by atoms with Crippen molar-refractivity contribution in [2.24, 2.45) is 0 Å². The Morgan fingerprint density at radius 2 is 2.54 bits per heavy atom. The van der Waals surface area contributed by atoms with E-state index in [9.17, 15) is 4.79 Å². The molecule has 1 heterocycles. The van der Waals surface area contributed by atoms with Gasteiger partial charge in [-0.1, -0.05) is 10.3 Å². The number of hydrogen-bond acceptors (Lipinski definition) is 4. The maximum atomic E-state index is 11.1. The molecule has 0 saturated heterocycles. The molecule has 1 saturated carbocycles. The fourth-order valence-electron chi connectivity index (χ4n) is 1.08. The Balaban J connectivity index is 1.78. The van der Waals surface area contributed by atoms with Gasteiger partial charge in [-0.2, -0.15) is 0 Å². The zero-order chi connectivity index (χ0) is 9.10. The lowest BCUT2D eigenvalue weighted by Gasteiger charge is -2.25. The van der Waals surface area contributed by atoms with Crippen LogP contribution < -0.4 is 10.1 Å². The fourth-order valence-corrected chi connectivity index (χ4v) is 1.08. The monoisotopic (exact) mass is 182 g/mol. The molecule has 0 unspecified atom stereocenters. The number of amides is 1. The van der Waals surface area contributed by atoms with Gasteiger partial charge < -0.3 is 10.1 Å². The highest BCUT2D eigenvalue weighted by Gasteiger charge is 2.20. The second-order valence-electron chi connectivity index (χ2n) is 2.97. The molecule has 0 atom stereocenters. The molecule has 70 valence electrons. The minimum Gasteiger partial charge on any atom is -0.388 e. The van der Waals surface area contributed by atoms with Crippen LogP contribution in [0.3, 0.4) is 0 Å². The van der Waals surface area contributed by atoms with E-state index in [1.165, 1.54) is 12.6 Å². The van der Waals surface area contributed by atoms with Crippen molar-refractivity contribution in [3.8, 4) is 5.88 Å². The summed E-state index contributed by atoms with van der Waals surface area (Å²) in [5.74, 6) is 0.192. The van der Waals surface area contributed by atoms with Crippen LogP contribution in [0.4, 0.5) is 4.79 Å². The summed E-state index contributed by atoms with van der Waals surface area (Å²) in [6.45, 7) is 0. The molecule has 1 aromatic rings. The highest BCUT2D eigenvalue weighted by molar-refractivity contribution is 5.70. The molecule has 6 heteroatoms. The number of aromatic nitrogens is 3. The van der Waals surface area contributed by atoms with Crippen molar-refractivity contribution >= 4 is 6.09 Å². The number of H-pyrrole nitrogens is 1. The van der Waals surface area contributed by atoms with Crippen molar-refractivity contribution < 1.29 is 9.53 Å². The Morgan fingerprint density at radius 3 is 3.08 bits per heavy atom. The molecule has 2 rings (SSSR count). The molecule has 1 fully saturated rings. The Kier molecular flexibility index (Phi) is 2.11. The first-order valence-corrected chi connectivity index (χ1v) is 4.19. The van der Waals surface area contributed by atoms with E-state index in [4.69, 9.17) is 4.74 Å². The van der Waals surface area contributed by atoms with Crippen LogP contribution in [-0.4, -0.2) is 27.5 Å². The predicted octanol–water partition coefficient (Wildman–Crippen LogP) is 0.446. The standard InChI is InChI=1S/C7H10N4O2/c12-7(9-5-2-1-3-5)13-6-4-8-11-10-6/h4-5H,1-3H2,(H,9,12)(H,8,10,11). The lowest BCUT2D eigenvalue weighted by atomic mass is 9.93. The minimum atomic E-state index is -0.460. The van der Waals surface area contributed by atoms with Gasteiger partial charge in [0, 0.05) is 6.04 Å². The number of aromatic amines is 1. The number of ether oxygens (including phenoxy) is 1. The molecule has 0 radical (unpaired) electrons. The molecule has 1 aromatic heterocycles. The van der Waals surface area contributed by atoms with Crippen LogP contribution in [0, 0.1) is 0 Å². The molecule has 1 aliphatic rings. The van der Waals surface area contributed by atoms with Crippen molar-refractivity contribution in [3.05, 3.63) is 6.20 Å². The van der Waals surface area contributed by atoms with Crippen LogP contribution in [0.15, 0.2) is 6.20 Å². The average Bonchev–Trinajstić information content (AvgIpc) is 2.49. The smallest absolute Gasteiger partial charge is 0.388 e. The van der Waals surface area contributed by atoms with Gasteiger partial charge in [-0.25, -0.2) is 4.79 Å². The third-order valence-corrected chi connectivity index (χ3v) is 2.02. The van der Waals surface area contributed by atoms with Gasteiger partial charge in [0.05, 0.1) is 6.20 Å². The molecule has 13 heavy (non-hydrogen) atoms. The summed E-state index contributed by atoms with van der Waals surface area (Å²) in [6.07, 6.45) is 4.20. The van der Waals surface area contributed by atoms with Gasteiger partial charge in [-0.05, 0) is 19.3 Å². The molecule has 1 amide bonds. The van der Waals surface area contributed by atoms with Crippen LogP contribution >= 0.6 is 0 Å². The lowest BCUT2D eigenvalue weighted by Crippen LogP contribution is -2.41. The van der Waals surface area contributed by atoms with Crippen molar-refractivity contribution in [1.82, 2.24) is 20.7 Å². The summed E-state index contributed by atoms with van der Waals surface area (Å²) in [5.41, 5.74) is 0. The Bertz CT molecular complexity index is 281. The van der Waals surface area contributed by atoms with Gasteiger partial charge in [-0.15, -0.1) is 0 Å². The Labute approximate surface area is 74.7 Å². The van der Waals surface area contributed by atoms with E-state index in [1.54, 1.807) is 0 Å². The molecular weight excluding hydrogens is 172 g/mol. The SMILES string of the molecule is O=C(NC1CCC1)Oc1c[nH]nn1. The van der Waals surface area contributed by atoms with E-state index in [1.807, 2.05) is 0 Å². The number of nitrogens with one attached hydrogen (secondary N) is 2. The third kappa shape index (κ3) is 1.95. The van der Waals surface area contributed by atoms with E-state index in [-0.39, 0.29) is 11.9 Å². The average molecular weight is 182 g/mol. The maximum absolute atomic E-state index is 11.1. The maximum Gasteiger partial charge on any atom is 0.414 e. The zero-order valence-corrected chi connectivity index (χ0v) is 6.99. The zero-order valence-electron chi connectivity index (χ0n) is 6.99. The topological polar surface area (TPSA) is 79.9 Å². The number of hydrogen-bond donors (Lipinski definition) is 2. The Morgan fingerprint density at radius 1 is 1.69 bits per heavy atom. The van der Waals surface area contributed by atoms with Crippen LogP contribution in [-0.2, 0) is 0 Å². The summed E-state index contributed by atoms with van der Waals surface area (Å²) in [6, 6.07) is 0.277. The normalized spacial score (nSPS) is 16.3. The quantitative estimate of drug-likeness (QED) is 0.695. The van der Waals surface area contributed by atoms with Gasteiger partial charge in [0.1, 0.15) is 0 Å². The van der Waals surface area contributed by atoms with Gasteiger partial charge in [0.15, 0.2) is 0 Å². The highest BCUT2D eigenvalue weighted by Crippen LogP contribution is 2.18. The third-order valence-electron chi connectivity index (χ3n) is 2.02. The number of rotatable bonds is 2. The molecule has 6 nitrogen and oxygen atoms in total. The van der Waals surface area contributed by atoms with Crippen molar-refractivity contribution in [2.45, 2.75) is 25.3 Å². The first kappa shape index (κ1) is 8.03. The Hall–Kier alpha value is -1.59. The van der Waals surface area contributed by atoms with Crippen LogP contribution in [0.25, 0.3) is 0 Å². The van der Waals surface area contributed by atoms with Crippen molar-refractivity contribution in [1.29, 1.82) is 0 Å². The van der Waals surface area contributed by atoms with E-state index >= 15 is 0 Å². The minimum absolute atomic E-state index is 0.192. The van der Waals surface area contributed by atoms with Gasteiger partial charge >= 0.3 is 6.09 Å². The second-order valence-corrected chi connectivity index (χ2v) is 2.97. The molecule has 0 bridgehead atoms. The van der Waals surface area contributed by atoms with E-state index in [2.05, 4.69) is 20.7 Å². The van der Waals surface area contributed by atoms with Crippen molar-refractivity contribution in [2.75, 3.05) is 0 Å². The highest BCUT2D eigenvalue weighted by atomic mass is 16.6. The summed E-state index contributed by atoms with van der Waals surface area (Å²) in [5, 5.41) is 12.1. The molecular formula is C7H10N4O2. The fraction of sp³-hybridized carbons (Fsp3) is 0.571. The van der Waals surface area contributed by atoms with Crippen LogP contribution in [0.2, 0.25) is 0 Å². The molecule has 0 aliphatic heterocycles. The molecule has 2 N–H and O–H groups in total. The first-order valence-electron chi connectivity index (χ1n) is 4.19. The van der Waals surface area contributed by atoms with Gasteiger partial charge in [0.25, 0.3) is 5.88 Å². The van der Waals surface area contributed by atoms with E-state index < -0.39 is 6.09 Å². The van der Waals surface area contributed by atoms with Crippen LogP contribution in [0.5, 0.6) is 5.88 Å². The first-order chi connectivity index (χ1) is 6.34. The molecule has 0 aromatic carbocycles. The van der Waals surface area contributed by atoms with Crippen molar-refractivity contribution in [3.63, 3.8) is 0 Å².